The van der Waals surface area contributed by atoms with Gasteiger partial charge in [-0.15, -0.1) is 0 Å². The van der Waals surface area contributed by atoms with Crippen LogP contribution in [0.4, 0.5) is 0 Å². The van der Waals surface area contributed by atoms with Gasteiger partial charge in [-0.3, -0.25) is 14.6 Å². The van der Waals surface area contributed by atoms with Crippen molar-refractivity contribution in [3.8, 4) is 5.69 Å². The Labute approximate surface area is 108 Å². The molecule has 2 rings (SSSR count). The van der Waals surface area contributed by atoms with Crippen LogP contribution < -0.4 is 5.56 Å². The first-order valence-electron chi connectivity index (χ1n) is 5.23. The maximum atomic E-state index is 12.0. The van der Waals surface area contributed by atoms with Crippen molar-refractivity contribution >= 4 is 17.4 Å². The highest BCUT2D eigenvalue weighted by Gasteiger charge is 2.16. The average molecular weight is 264 g/mol. The Morgan fingerprint density at radius 2 is 2.17 bits per heavy atom. The number of ketones is 1. The van der Waals surface area contributed by atoms with E-state index in [1.54, 1.807) is 25.3 Å². The van der Waals surface area contributed by atoms with Crippen LogP contribution >= 0.6 is 11.6 Å². The summed E-state index contributed by atoms with van der Waals surface area (Å²) in [4.78, 5) is 27.4. The molecule has 0 aliphatic heterocycles. The highest BCUT2D eigenvalue weighted by molar-refractivity contribution is 6.31. The number of rotatable bonds is 2. The Morgan fingerprint density at radius 3 is 2.72 bits per heavy atom. The Bertz CT molecular complexity index is 665. The second-order valence-electron chi connectivity index (χ2n) is 3.77. The third kappa shape index (κ3) is 2.04. The van der Waals surface area contributed by atoms with E-state index in [4.69, 9.17) is 11.6 Å². The summed E-state index contributed by atoms with van der Waals surface area (Å²) in [6.45, 7) is 2.98. The molecule has 0 fully saturated rings. The molecule has 0 aliphatic carbocycles. The zero-order valence-corrected chi connectivity index (χ0v) is 10.6. The van der Waals surface area contributed by atoms with Crippen LogP contribution in [0.2, 0.25) is 5.02 Å². The molecule has 0 aliphatic rings. The monoisotopic (exact) mass is 263 g/mol. The van der Waals surface area contributed by atoms with Gasteiger partial charge in [-0.1, -0.05) is 11.6 Å². The third-order valence-corrected chi connectivity index (χ3v) is 2.93. The number of nitrogens with zero attached hydrogens (tertiary/aromatic N) is 3. The molecular formula is C12H10ClN3O2. The average Bonchev–Trinajstić information content (AvgIpc) is 2.37. The largest absolute Gasteiger partial charge is 0.293 e. The van der Waals surface area contributed by atoms with Crippen LogP contribution in [-0.2, 0) is 0 Å². The number of hydrogen-bond donors (Lipinski definition) is 0. The van der Waals surface area contributed by atoms with Crippen molar-refractivity contribution < 1.29 is 4.79 Å². The number of hydrogen-bond acceptors (Lipinski definition) is 4. The van der Waals surface area contributed by atoms with Crippen molar-refractivity contribution in [3.05, 3.63) is 51.2 Å². The molecule has 0 bridgehead atoms. The van der Waals surface area contributed by atoms with Gasteiger partial charge in [0.2, 0.25) is 0 Å². The molecule has 0 unspecified atom stereocenters. The van der Waals surface area contributed by atoms with Crippen molar-refractivity contribution in [3.63, 3.8) is 0 Å². The molecule has 18 heavy (non-hydrogen) atoms. The van der Waals surface area contributed by atoms with E-state index in [9.17, 15) is 9.59 Å². The first kappa shape index (κ1) is 12.4. The molecule has 5 nitrogen and oxygen atoms in total. The van der Waals surface area contributed by atoms with Gasteiger partial charge < -0.3 is 0 Å². The second-order valence-corrected chi connectivity index (χ2v) is 4.15. The summed E-state index contributed by atoms with van der Waals surface area (Å²) in [5.41, 5.74) is 0.580. The summed E-state index contributed by atoms with van der Waals surface area (Å²) >= 11 is 5.94. The molecule has 0 amide bonds. The van der Waals surface area contributed by atoms with Crippen LogP contribution in [0.15, 0.2) is 29.3 Å². The van der Waals surface area contributed by atoms with E-state index in [1.807, 2.05) is 0 Å². The van der Waals surface area contributed by atoms with Gasteiger partial charge >= 0.3 is 0 Å². The molecule has 2 heterocycles. The lowest BCUT2D eigenvalue weighted by atomic mass is 10.2. The quantitative estimate of drug-likeness (QED) is 0.775. The zero-order valence-electron chi connectivity index (χ0n) is 9.85. The van der Waals surface area contributed by atoms with E-state index >= 15 is 0 Å². The molecule has 0 atom stereocenters. The van der Waals surface area contributed by atoms with Crippen molar-refractivity contribution in [2.24, 2.45) is 0 Å². The predicted octanol–water partition coefficient (Wildman–Crippen LogP) is 1.79. The number of aromatic nitrogens is 3. The Hall–Kier alpha value is -2.01. The predicted molar refractivity (Wildman–Crippen MR) is 67.4 cm³/mol. The lowest BCUT2D eigenvalue weighted by Gasteiger charge is -2.09. The summed E-state index contributed by atoms with van der Waals surface area (Å²) in [6, 6.07) is 3.33. The van der Waals surface area contributed by atoms with Crippen LogP contribution in [0, 0.1) is 6.92 Å². The minimum atomic E-state index is -0.466. The molecule has 0 N–H and O–H groups in total. The van der Waals surface area contributed by atoms with Gasteiger partial charge in [0.1, 0.15) is 10.7 Å². The lowest BCUT2D eigenvalue weighted by Crippen LogP contribution is -2.25. The molecule has 2 aromatic heterocycles. The number of pyridine rings is 1. The Kier molecular flexibility index (Phi) is 3.25. The molecule has 0 saturated heterocycles. The minimum Gasteiger partial charge on any atom is -0.293 e. The van der Waals surface area contributed by atoms with Crippen LogP contribution in [0.5, 0.6) is 0 Å². The lowest BCUT2D eigenvalue weighted by molar-refractivity contribution is 0.101. The summed E-state index contributed by atoms with van der Waals surface area (Å²) < 4.78 is 1.08. The van der Waals surface area contributed by atoms with E-state index in [1.165, 1.54) is 13.1 Å². The van der Waals surface area contributed by atoms with Gasteiger partial charge in [0.05, 0.1) is 11.9 Å². The second kappa shape index (κ2) is 4.70. The first-order valence-corrected chi connectivity index (χ1v) is 5.61. The van der Waals surface area contributed by atoms with Crippen LogP contribution in [0.25, 0.3) is 5.69 Å². The molecule has 0 radical (unpaired) electrons. The molecule has 2 aromatic rings. The van der Waals surface area contributed by atoms with E-state index in [0.717, 1.165) is 4.68 Å². The molecule has 0 saturated carbocycles. The van der Waals surface area contributed by atoms with Crippen LogP contribution in [0.3, 0.4) is 0 Å². The van der Waals surface area contributed by atoms with Gasteiger partial charge in [0, 0.05) is 18.7 Å². The molecule has 6 heteroatoms. The zero-order chi connectivity index (χ0) is 13.3. The molecule has 0 spiro atoms. The molecule has 92 valence electrons. The highest BCUT2D eigenvalue weighted by Crippen LogP contribution is 2.14. The fourth-order valence-electron chi connectivity index (χ4n) is 1.57. The molecule has 0 aromatic carbocycles. The number of carbonyl (C=O) groups is 1. The first-order chi connectivity index (χ1) is 8.52. The van der Waals surface area contributed by atoms with Gasteiger partial charge in [-0.05, 0) is 19.1 Å². The van der Waals surface area contributed by atoms with Crippen molar-refractivity contribution in [2.45, 2.75) is 13.8 Å². The van der Waals surface area contributed by atoms with Crippen molar-refractivity contribution in [1.29, 1.82) is 0 Å². The highest BCUT2D eigenvalue weighted by atomic mass is 35.5. The van der Waals surface area contributed by atoms with Crippen LogP contribution in [0.1, 0.15) is 23.0 Å². The van der Waals surface area contributed by atoms with E-state index < -0.39 is 5.56 Å². The number of carbonyl (C=O) groups excluding carboxylic acids is 1. The smallest absolute Gasteiger partial charge is 0.290 e. The van der Waals surface area contributed by atoms with Crippen molar-refractivity contribution in [2.75, 3.05) is 0 Å². The van der Waals surface area contributed by atoms with Crippen molar-refractivity contribution in [1.82, 2.24) is 14.8 Å². The maximum Gasteiger partial charge on any atom is 0.290 e. The summed E-state index contributed by atoms with van der Waals surface area (Å²) in [6.07, 6.45) is 3.06. The minimum absolute atomic E-state index is 0.000877. The van der Waals surface area contributed by atoms with Gasteiger partial charge in [-0.2, -0.15) is 9.78 Å². The number of Topliss-reactive ketones (excluding diaryl/α,β-unsaturated/α-hetero) is 1. The van der Waals surface area contributed by atoms with E-state index in [2.05, 4.69) is 10.1 Å². The SMILES string of the molecule is CC(=O)c1nn(-c2cccnc2)c(=O)c(Cl)c1C. The normalized spacial score (nSPS) is 10.4. The summed E-state index contributed by atoms with van der Waals surface area (Å²) in [5.74, 6) is -0.243. The Balaban J connectivity index is 2.77. The van der Waals surface area contributed by atoms with Crippen LogP contribution in [-0.4, -0.2) is 20.5 Å². The van der Waals surface area contributed by atoms with Gasteiger partial charge in [0.25, 0.3) is 5.56 Å². The fourth-order valence-corrected chi connectivity index (χ4v) is 1.74. The maximum absolute atomic E-state index is 12.0. The summed E-state index contributed by atoms with van der Waals surface area (Å²) in [5, 5.41) is 4.03. The standard InChI is InChI=1S/C12H10ClN3O2/c1-7-10(13)12(18)16(15-11(7)8(2)17)9-4-3-5-14-6-9/h3-6H,1-2H3. The number of halogens is 1. The Morgan fingerprint density at radius 1 is 1.44 bits per heavy atom. The van der Waals surface area contributed by atoms with E-state index in [-0.39, 0.29) is 16.5 Å². The van der Waals surface area contributed by atoms with Gasteiger partial charge in [0.15, 0.2) is 5.78 Å². The van der Waals surface area contributed by atoms with E-state index in [0.29, 0.717) is 11.3 Å². The topological polar surface area (TPSA) is 64.8 Å². The third-order valence-electron chi connectivity index (χ3n) is 2.49. The summed E-state index contributed by atoms with van der Waals surface area (Å²) in [7, 11) is 0. The van der Waals surface area contributed by atoms with Gasteiger partial charge in [-0.25, -0.2) is 0 Å². The fraction of sp³-hybridized carbons (Fsp3) is 0.167. The molecular weight excluding hydrogens is 254 g/mol.